The van der Waals surface area contributed by atoms with Crippen molar-refractivity contribution >= 4 is 23.1 Å². The van der Waals surface area contributed by atoms with Crippen molar-refractivity contribution in [2.24, 2.45) is 5.73 Å². The minimum Gasteiger partial charge on any atom is -0.391 e. The number of hydrogen-bond donors (Lipinski definition) is 2. The van der Waals surface area contributed by atoms with Gasteiger partial charge < -0.3 is 15.8 Å². The molecule has 20 heavy (non-hydrogen) atoms. The highest BCUT2D eigenvalue weighted by atomic mass is 32.1. The summed E-state index contributed by atoms with van der Waals surface area (Å²) in [6.45, 7) is 0.679. The fraction of sp³-hybridized carbons (Fsp3) is 0.867. The van der Waals surface area contributed by atoms with Gasteiger partial charge in [0.05, 0.1) is 10.5 Å². The summed E-state index contributed by atoms with van der Waals surface area (Å²) in [5.41, 5.74) is 5.48. The first-order valence-corrected chi connectivity index (χ1v) is 8.28. The van der Waals surface area contributed by atoms with Crippen molar-refractivity contribution in [3.8, 4) is 0 Å². The van der Waals surface area contributed by atoms with Crippen molar-refractivity contribution in [1.82, 2.24) is 5.32 Å². The Bertz CT molecular complexity index is 346. The number of ether oxygens (including phenoxy) is 1. The Balaban J connectivity index is 2.02. The number of carbonyl (C=O) groups excluding carboxylic acids is 1. The van der Waals surface area contributed by atoms with Crippen LogP contribution in [-0.4, -0.2) is 29.1 Å². The third-order valence-corrected chi connectivity index (χ3v) is 4.90. The number of rotatable bonds is 3. The molecule has 0 spiro atoms. The van der Waals surface area contributed by atoms with Gasteiger partial charge in [-0.25, -0.2) is 0 Å². The van der Waals surface area contributed by atoms with Crippen molar-refractivity contribution < 1.29 is 9.53 Å². The van der Waals surface area contributed by atoms with E-state index in [9.17, 15) is 4.79 Å². The smallest absolute Gasteiger partial charge is 0.249 e. The quantitative estimate of drug-likeness (QED) is 0.786. The van der Waals surface area contributed by atoms with Crippen LogP contribution < -0.4 is 11.1 Å². The van der Waals surface area contributed by atoms with Gasteiger partial charge in [-0.2, -0.15) is 0 Å². The normalized spacial score (nSPS) is 27.1. The minimum absolute atomic E-state index is 0.0296. The van der Waals surface area contributed by atoms with Gasteiger partial charge in [-0.1, -0.05) is 44.3 Å². The second kappa shape index (κ2) is 7.36. The maximum Gasteiger partial charge on any atom is 0.249 e. The standard InChI is InChI=1S/C15H26N2O2S/c16-14(20)15(9-5-2-1-3-6-10-15)17-13(18)12-8-4-7-11-19-12/h12H,1-11H2,(H2,16,20)(H,17,18). The van der Waals surface area contributed by atoms with Crippen LogP contribution >= 0.6 is 12.2 Å². The molecule has 1 aliphatic carbocycles. The maximum atomic E-state index is 12.4. The SMILES string of the molecule is NC(=S)C1(NC(=O)C2CCCCO2)CCCCCCC1. The first-order chi connectivity index (χ1) is 9.64. The molecule has 0 bridgehead atoms. The third-order valence-electron chi connectivity index (χ3n) is 4.51. The fourth-order valence-electron chi connectivity index (χ4n) is 3.21. The van der Waals surface area contributed by atoms with Crippen LogP contribution in [0, 0.1) is 0 Å². The van der Waals surface area contributed by atoms with E-state index in [4.69, 9.17) is 22.7 Å². The van der Waals surface area contributed by atoms with E-state index in [0.29, 0.717) is 11.6 Å². The van der Waals surface area contributed by atoms with Gasteiger partial charge in [-0.05, 0) is 32.1 Å². The van der Waals surface area contributed by atoms with Gasteiger partial charge in [0, 0.05) is 6.61 Å². The van der Waals surface area contributed by atoms with Crippen LogP contribution in [0.1, 0.15) is 64.2 Å². The lowest BCUT2D eigenvalue weighted by atomic mass is 9.83. The summed E-state index contributed by atoms with van der Waals surface area (Å²) in [6.07, 6.45) is 10.1. The van der Waals surface area contributed by atoms with Crippen molar-refractivity contribution in [2.75, 3.05) is 6.61 Å². The lowest BCUT2D eigenvalue weighted by Gasteiger charge is -2.37. The van der Waals surface area contributed by atoms with E-state index in [1.807, 2.05) is 0 Å². The zero-order chi connectivity index (χ0) is 14.4. The monoisotopic (exact) mass is 298 g/mol. The van der Waals surface area contributed by atoms with Crippen LogP contribution in [-0.2, 0) is 9.53 Å². The zero-order valence-corrected chi connectivity index (χ0v) is 13.0. The second-order valence-electron chi connectivity index (χ2n) is 6.06. The summed E-state index contributed by atoms with van der Waals surface area (Å²) in [5.74, 6) is -0.0296. The maximum absolute atomic E-state index is 12.4. The minimum atomic E-state index is -0.492. The number of nitrogens with two attached hydrogens (primary N) is 1. The Labute approximate surface area is 126 Å². The highest BCUT2D eigenvalue weighted by Crippen LogP contribution is 2.27. The van der Waals surface area contributed by atoms with Crippen LogP contribution in [0.3, 0.4) is 0 Å². The van der Waals surface area contributed by atoms with Crippen LogP contribution in [0.2, 0.25) is 0 Å². The highest BCUT2D eigenvalue weighted by Gasteiger charge is 2.37. The van der Waals surface area contributed by atoms with Crippen molar-refractivity contribution in [2.45, 2.75) is 75.9 Å². The number of thiocarbonyl (C=S) groups is 1. The molecule has 1 unspecified atom stereocenters. The molecule has 1 atom stereocenters. The van der Waals surface area contributed by atoms with E-state index in [1.165, 1.54) is 19.3 Å². The van der Waals surface area contributed by atoms with E-state index >= 15 is 0 Å². The molecule has 0 aromatic heterocycles. The molecule has 1 amide bonds. The summed E-state index contributed by atoms with van der Waals surface area (Å²) >= 11 is 5.27. The van der Waals surface area contributed by atoms with Gasteiger partial charge >= 0.3 is 0 Å². The lowest BCUT2D eigenvalue weighted by molar-refractivity contribution is -0.137. The number of hydrogen-bond acceptors (Lipinski definition) is 3. The first-order valence-electron chi connectivity index (χ1n) is 7.88. The largest absolute Gasteiger partial charge is 0.391 e. The fourth-order valence-corrected chi connectivity index (χ4v) is 3.46. The molecule has 4 nitrogen and oxygen atoms in total. The molecule has 3 N–H and O–H groups in total. The Morgan fingerprint density at radius 1 is 1.10 bits per heavy atom. The second-order valence-corrected chi connectivity index (χ2v) is 6.50. The Morgan fingerprint density at radius 2 is 1.75 bits per heavy atom. The van der Waals surface area contributed by atoms with Gasteiger partial charge in [-0.15, -0.1) is 0 Å². The van der Waals surface area contributed by atoms with Gasteiger partial charge in [0.2, 0.25) is 5.91 Å². The molecule has 2 rings (SSSR count). The Hall–Kier alpha value is -0.680. The summed E-state index contributed by atoms with van der Waals surface area (Å²) < 4.78 is 5.57. The van der Waals surface area contributed by atoms with E-state index in [1.54, 1.807) is 0 Å². The van der Waals surface area contributed by atoms with Crippen LogP contribution in [0.15, 0.2) is 0 Å². The van der Waals surface area contributed by atoms with E-state index in [-0.39, 0.29) is 12.0 Å². The summed E-state index contributed by atoms with van der Waals surface area (Å²) in [6, 6.07) is 0. The first kappa shape index (κ1) is 15.7. The summed E-state index contributed by atoms with van der Waals surface area (Å²) in [7, 11) is 0. The van der Waals surface area contributed by atoms with Crippen molar-refractivity contribution in [3.05, 3.63) is 0 Å². The Morgan fingerprint density at radius 3 is 2.30 bits per heavy atom. The lowest BCUT2D eigenvalue weighted by Crippen LogP contribution is -2.59. The average Bonchev–Trinajstić information content (AvgIpc) is 2.42. The van der Waals surface area contributed by atoms with Crippen LogP contribution in [0.4, 0.5) is 0 Å². The predicted octanol–water partition coefficient (Wildman–Crippen LogP) is 2.44. The number of amides is 1. The van der Waals surface area contributed by atoms with Gasteiger partial charge in [0.25, 0.3) is 0 Å². The van der Waals surface area contributed by atoms with E-state index < -0.39 is 5.54 Å². The topological polar surface area (TPSA) is 64.3 Å². The van der Waals surface area contributed by atoms with Gasteiger partial charge in [0.1, 0.15) is 6.10 Å². The molecule has 114 valence electrons. The molecule has 2 aliphatic rings. The number of nitrogens with one attached hydrogen (secondary N) is 1. The summed E-state index contributed by atoms with van der Waals surface area (Å²) in [4.78, 5) is 12.9. The molecular weight excluding hydrogens is 272 g/mol. The van der Waals surface area contributed by atoms with Crippen molar-refractivity contribution in [3.63, 3.8) is 0 Å². The number of carbonyl (C=O) groups is 1. The molecule has 0 aromatic carbocycles. The van der Waals surface area contributed by atoms with E-state index in [2.05, 4.69) is 5.32 Å². The van der Waals surface area contributed by atoms with Crippen LogP contribution in [0.25, 0.3) is 0 Å². The van der Waals surface area contributed by atoms with E-state index in [0.717, 1.165) is 44.9 Å². The molecule has 1 saturated heterocycles. The predicted molar refractivity (Wildman–Crippen MR) is 83.6 cm³/mol. The van der Waals surface area contributed by atoms with Crippen molar-refractivity contribution in [1.29, 1.82) is 0 Å². The molecule has 2 fully saturated rings. The molecule has 0 radical (unpaired) electrons. The molecule has 1 saturated carbocycles. The summed E-state index contributed by atoms with van der Waals surface area (Å²) in [5, 5.41) is 3.14. The highest BCUT2D eigenvalue weighted by molar-refractivity contribution is 7.80. The molecular formula is C15H26N2O2S. The zero-order valence-electron chi connectivity index (χ0n) is 12.2. The average molecular weight is 298 g/mol. The third kappa shape index (κ3) is 3.92. The van der Waals surface area contributed by atoms with Crippen LogP contribution in [0.5, 0.6) is 0 Å². The van der Waals surface area contributed by atoms with Gasteiger partial charge in [-0.3, -0.25) is 4.79 Å². The van der Waals surface area contributed by atoms with Gasteiger partial charge in [0.15, 0.2) is 0 Å². The molecule has 0 aromatic rings. The molecule has 1 heterocycles. The molecule has 5 heteroatoms. The molecule has 1 aliphatic heterocycles. The Kier molecular flexibility index (Phi) is 5.78.